The second-order valence-corrected chi connectivity index (χ2v) is 11.3. The van der Waals surface area contributed by atoms with Crippen LogP contribution >= 0.6 is 15.9 Å². The van der Waals surface area contributed by atoms with Crippen molar-refractivity contribution in [2.24, 2.45) is 0 Å². The van der Waals surface area contributed by atoms with Gasteiger partial charge in [-0.3, -0.25) is 14.3 Å². The first-order valence-corrected chi connectivity index (χ1v) is 13.4. The summed E-state index contributed by atoms with van der Waals surface area (Å²) in [5, 5.41) is 10.7. The van der Waals surface area contributed by atoms with E-state index in [9.17, 15) is 9.59 Å². The van der Waals surface area contributed by atoms with Crippen molar-refractivity contribution >= 4 is 33.6 Å². The zero-order valence-electron chi connectivity index (χ0n) is 21.8. The van der Waals surface area contributed by atoms with Crippen molar-refractivity contribution in [3.63, 3.8) is 0 Å². The van der Waals surface area contributed by atoms with Crippen LogP contribution in [0.1, 0.15) is 72.4 Å². The molecule has 0 fully saturated rings. The van der Waals surface area contributed by atoms with Gasteiger partial charge in [-0.1, -0.05) is 48.8 Å². The molecule has 1 aliphatic heterocycles. The van der Waals surface area contributed by atoms with E-state index in [4.69, 9.17) is 9.72 Å². The number of rotatable bonds is 8. The van der Waals surface area contributed by atoms with Crippen LogP contribution in [-0.2, 0) is 34.3 Å². The fraction of sp³-hybridized carbons (Fsp3) is 0.429. The van der Waals surface area contributed by atoms with E-state index in [1.807, 2.05) is 12.1 Å². The monoisotopic (exact) mass is 567 g/mol. The first-order chi connectivity index (χ1) is 17.6. The van der Waals surface area contributed by atoms with E-state index < -0.39 is 12.0 Å². The summed E-state index contributed by atoms with van der Waals surface area (Å²) in [6.45, 7) is 7.92. The van der Waals surface area contributed by atoms with Crippen molar-refractivity contribution in [2.45, 2.75) is 64.5 Å². The number of halogens is 1. The minimum Gasteiger partial charge on any atom is -0.469 e. The molecule has 3 heterocycles. The lowest BCUT2D eigenvalue weighted by atomic mass is 9.85. The standard InChI is InChI=1S/C28H34BrN5O3/c1-28(2,3)21-12-19(13-22(29)14-21)24(15-25(35)37-4)33-27(36)20-16-31-34(17-20)11-9-23-8-7-18-6-5-10-30-26(18)32-23/h7-8,12-14,16-17,24H,5-6,9-11,15H2,1-4H3,(H,30,32)(H,33,36)/t24-/m0/s1. The molecule has 0 saturated carbocycles. The summed E-state index contributed by atoms with van der Waals surface area (Å²) in [5.74, 6) is 0.280. The summed E-state index contributed by atoms with van der Waals surface area (Å²) < 4.78 is 7.53. The van der Waals surface area contributed by atoms with Gasteiger partial charge in [-0.25, -0.2) is 4.98 Å². The molecule has 1 aliphatic rings. The Morgan fingerprint density at radius 2 is 2.05 bits per heavy atom. The van der Waals surface area contributed by atoms with E-state index in [1.165, 1.54) is 12.7 Å². The summed E-state index contributed by atoms with van der Waals surface area (Å²) in [5.41, 5.74) is 4.51. The van der Waals surface area contributed by atoms with E-state index >= 15 is 0 Å². The Bertz CT molecular complexity index is 1280. The summed E-state index contributed by atoms with van der Waals surface area (Å²) in [4.78, 5) is 30.1. The van der Waals surface area contributed by atoms with E-state index in [2.05, 4.69) is 70.6 Å². The molecule has 0 unspecified atom stereocenters. The Kier molecular flexibility index (Phi) is 8.32. The van der Waals surface area contributed by atoms with Gasteiger partial charge in [0.1, 0.15) is 5.82 Å². The molecular formula is C28H34BrN5O3. The Morgan fingerprint density at radius 3 is 2.81 bits per heavy atom. The minimum atomic E-state index is -0.547. The molecule has 37 heavy (non-hydrogen) atoms. The second kappa shape index (κ2) is 11.5. The van der Waals surface area contributed by atoms with Gasteiger partial charge >= 0.3 is 5.97 Å². The zero-order valence-corrected chi connectivity index (χ0v) is 23.4. The molecule has 8 nitrogen and oxygen atoms in total. The number of fused-ring (bicyclic) bond motifs is 1. The molecule has 0 bridgehead atoms. The lowest BCUT2D eigenvalue weighted by Crippen LogP contribution is -2.30. The average molecular weight is 569 g/mol. The number of aromatic nitrogens is 3. The maximum atomic E-state index is 13.2. The Morgan fingerprint density at radius 1 is 1.24 bits per heavy atom. The summed E-state index contributed by atoms with van der Waals surface area (Å²) in [6.07, 6.45) is 6.19. The van der Waals surface area contributed by atoms with Gasteiger partial charge in [0.25, 0.3) is 5.91 Å². The smallest absolute Gasteiger partial charge is 0.307 e. The van der Waals surface area contributed by atoms with Crippen molar-refractivity contribution in [1.82, 2.24) is 20.1 Å². The van der Waals surface area contributed by atoms with Gasteiger partial charge in [0, 0.05) is 35.9 Å². The third-order valence-corrected chi connectivity index (χ3v) is 6.99. The van der Waals surface area contributed by atoms with Crippen molar-refractivity contribution in [2.75, 3.05) is 19.0 Å². The van der Waals surface area contributed by atoms with Crippen LogP contribution in [0.2, 0.25) is 0 Å². The van der Waals surface area contributed by atoms with Gasteiger partial charge in [-0.05, 0) is 53.1 Å². The number of methoxy groups -OCH3 is 1. The molecule has 0 spiro atoms. The first kappa shape index (κ1) is 26.9. The Labute approximate surface area is 226 Å². The van der Waals surface area contributed by atoms with Crippen LogP contribution in [0, 0.1) is 0 Å². The van der Waals surface area contributed by atoms with Crippen LogP contribution in [0.25, 0.3) is 0 Å². The van der Waals surface area contributed by atoms with Crippen LogP contribution in [0.4, 0.5) is 5.82 Å². The molecule has 2 N–H and O–H groups in total. The minimum absolute atomic E-state index is 0.0223. The number of nitrogens with one attached hydrogen (secondary N) is 2. The molecule has 9 heteroatoms. The lowest BCUT2D eigenvalue weighted by molar-refractivity contribution is -0.141. The largest absolute Gasteiger partial charge is 0.469 e. The number of carbonyl (C=O) groups excluding carboxylic acids is 2. The van der Waals surface area contributed by atoms with E-state index in [0.717, 1.165) is 46.5 Å². The molecule has 0 aliphatic carbocycles. The van der Waals surface area contributed by atoms with Crippen molar-refractivity contribution in [1.29, 1.82) is 0 Å². The molecule has 196 valence electrons. The fourth-order valence-electron chi connectivity index (χ4n) is 4.33. The molecule has 4 rings (SSSR count). The number of hydrogen-bond donors (Lipinski definition) is 2. The number of nitrogens with zero attached hydrogens (tertiary/aromatic N) is 3. The van der Waals surface area contributed by atoms with Gasteiger partial charge in [-0.15, -0.1) is 0 Å². The number of hydrogen-bond acceptors (Lipinski definition) is 6. The van der Waals surface area contributed by atoms with Crippen LogP contribution in [-0.4, -0.2) is 40.3 Å². The Balaban J connectivity index is 1.46. The van der Waals surface area contributed by atoms with Gasteiger partial charge in [0.05, 0.1) is 31.3 Å². The van der Waals surface area contributed by atoms with Crippen molar-refractivity contribution < 1.29 is 14.3 Å². The number of ether oxygens (including phenoxy) is 1. The number of esters is 1. The van der Waals surface area contributed by atoms with Gasteiger partial charge in [0.15, 0.2) is 0 Å². The molecular weight excluding hydrogens is 534 g/mol. The molecule has 1 atom stereocenters. The summed E-state index contributed by atoms with van der Waals surface area (Å²) >= 11 is 3.58. The van der Waals surface area contributed by atoms with Crippen LogP contribution in [0.5, 0.6) is 0 Å². The highest BCUT2D eigenvalue weighted by Crippen LogP contribution is 2.30. The SMILES string of the molecule is COC(=O)C[C@H](NC(=O)c1cnn(CCc2ccc3c(n2)NCCC3)c1)c1cc(Br)cc(C(C)(C)C)c1. The summed E-state index contributed by atoms with van der Waals surface area (Å²) in [6, 6.07) is 9.66. The maximum Gasteiger partial charge on any atom is 0.307 e. The average Bonchev–Trinajstić information content (AvgIpc) is 3.35. The Hall–Kier alpha value is -3.20. The highest BCUT2D eigenvalue weighted by molar-refractivity contribution is 9.10. The number of carbonyl (C=O) groups is 2. The quantitative estimate of drug-likeness (QED) is 0.373. The molecule has 0 radical (unpaired) electrons. The van der Waals surface area contributed by atoms with E-state index in [-0.39, 0.29) is 17.7 Å². The van der Waals surface area contributed by atoms with Crippen LogP contribution in [0.3, 0.4) is 0 Å². The number of pyridine rings is 1. The second-order valence-electron chi connectivity index (χ2n) is 10.4. The van der Waals surface area contributed by atoms with Gasteiger partial charge in [0.2, 0.25) is 0 Å². The molecule has 0 saturated heterocycles. The molecule has 1 aromatic carbocycles. The highest BCUT2D eigenvalue weighted by atomic mass is 79.9. The van der Waals surface area contributed by atoms with Crippen molar-refractivity contribution in [3.05, 3.63) is 75.1 Å². The third-order valence-electron chi connectivity index (χ3n) is 6.54. The van der Waals surface area contributed by atoms with E-state index in [1.54, 1.807) is 17.1 Å². The topological polar surface area (TPSA) is 98.1 Å². The molecule has 1 amide bonds. The predicted octanol–water partition coefficient (Wildman–Crippen LogP) is 4.97. The molecule has 3 aromatic rings. The van der Waals surface area contributed by atoms with Crippen LogP contribution < -0.4 is 10.6 Å². The highest BCUT2D eigenvalue weighted by Gasteiger charge is 2.23. The molecule has 2 aromatic heterocycles. The third kappa shape index (κ3) is 6.97. The maximum absolute atomic E-state index is 13.2. The number of anilines is 1. The van der Waals surface area contributed by atoms with Crippen LogP contribution in [0.15, 0.2) is 47.2 Å². The first-order valence-electron chi connectivity index (χ1n) is 12.6. The van der Waals surface area contributed by atoms with Gasteiger partial charge < -0.3 is 15.4 Å². The number of benzene rings is 1. The van der Waals surface area contributed by atoms with Gasteiger partial charge in [-0.2, -0.15) is 5.10 Å². The lowest BCUT2D eigenvalue weighted by Gasteiger charge is -2.24. The zero-order chi connectivity index (χ0) is 26.6. The fourth-order valence-corrected chi connectivity index (χ4v) is 4.84. The summed E-state index contributed by atoms with van der Waals surface area (Å²) in [7, 11) is 1.35. The predicted molar refractivity (Wildman–Crippen MR) is 147 cm³/mol. The number of aryl methyl sites for hydroxylation is 3. The van der Waals surface area contributed by atoms with E-state index in [0.29, 0.717) is 18.5 Å². The van der Waals surface area contributed by atoms with Crippen molar-refractivity contribution in [3.8, 4) is 0 Å². The number of amides is 1. The normalized spacial score (nSPS) is 13.9.